The minimum atomic E-state index is -0.514. The zero-order valence-electron chi connectivity index (χ0n) is 25.2. The van der Waals surface area contributed by atoms with Crippen LogP contribution in [-0.4, -0.2) is 74.9 Å². The molecule has 44 heavy (non-hydrogen) atoms. The fourth-order valence-corrected chi connectivity index (χ4v) is 9.53. The van der Waals surface area contributed by atoms with Crippen molar-refractivity contribution in [3.8, 4) is 23.0 Å². The molecule has 5 atom stereocenters. The number of aryl methyl sites for hydroxylation is 1. The number of nitrogens with one attached hydrogen (secondary N) is 1. The summed E-state index contributed by atoms with van der Waals surface area (Å²) in [4.78, 5) is 19.4. The van der Waals surface area contributed by atoms with Crippen LogP contribution in [0, 0.1) is 18.7 Å². The van der Waals surface area contributed by atoms with Crippen LogP contribution in [0.15, 0.2) is 36.5 Å². The number of hydrogen-bond acceptors (Lipinski definition) is 8. The van der Waals surface area contributed by atoms with E-state index in [1.54, 1.807) is 18.3 Å². The van der Waals surface area contributed by atoms with Crippen molar-refractivity contribution in [1.29, 1.82) is 0 Å². The Morgan fingerprint density at radius 1 is 1.09 bits per heavy atom. The molecule has 228 valence electrons. The maximum Gasteiger partial charge on any atom is 0.319 e. The van der Waals surface area contributed by atoms with Gasteiger partial charge in [0.2, 0.25) is 0 Å². The zero-order valence-corrected chi connectivity index (χ0v) is 25.2. The average molecular weight is 595 g/mol. The zero-order chi connectivity index (χ0) is 29.6. The van der Waals surface area contributed by atoms with Crippen LogP contribution in [0.5, 0.6) is 11.8 Å². The molecule has 2 bridgehead atoms. The monoisotopic (exact) mass is 594 g/mol. The van der Waals surface area contributed by atoms with Crippen LogP contribution in [0.1, 0.15) is 56.9 Å². The van der Waals surface area contributed by atoms with Gasteiger partial charge in [0.15, 0.2) is 5.82 Å². The van der Waals surface area contributed by atoms with E-state index in [1.807, 2.05) is 25.1 Å². The lowest BCUT2D eigenvalue weighted by Gasteiger charge is -2.35. The number of piperazine rings is 1. The summed E-state index contributed by atoms with van der Waals surface area (Å²) in [7, 11) is 0. The quantitative estimate of drug-likeness (QED) is 0.303. The Bertz CT molecular complexity index is 1790. The standard InChI is InChI=1S/C35H39FN6O2/c1-20-5-2-6-21-13-25(43)14-26(29(20)21)31-30(36)32-27(16-37-31)33(41-17-23-9-10-24(18-41)38-23)40-34(39-32)44-19-35-11-4-12-42(35)28-8-3-7-22(28)15-35/h2,5-6,13-14,16,22-24,28,38,43H,3-4,7-12,15,17-19H2,1H3/t22-,23?,24?,28-,35+/m1/s1. The molecule has 0 spiro atoms. The number of phenolic OH excluding ortho intramolecular Hbond substituents is 1. The van der Waals surface area contributed by atoms with Crippen LogP contribution in [0.2, 0.25) is 0 Å². The summed E-state index contributed by atoms with van der Waals surface area (Å²) >= 11 is 0. The maximum absolute atomic E-state index is 16.8. The van der Waals surface area contributed by atoms with E-state index in [2.05, 4.69) is 20.1 Å². The molecule has 4 aliphatic heterocycles. The van der Waals surface area contributed by atoms with Crippen molar-refractivity contribution in [2.45, 2.75) is 82.0 Å². The number of benzene rings is 2. The second kappa shape index (κ2) is 9.97. The van der Waals surface area contributed by atoms with E-state index in [-0.39, 0.29) is 28.5 Å². The minimum Gasteiger partial charge on any atom is -0.508 e. The number of aromatic hydroxyl groups is 1. The van der Waals surface area contributed by atoms with Crippen molar-refractivity contribution in [3.63, 3.8) is 0 Å². The number of hydrogen-bond donors (Lipinski definition) is 2. The SMILES string of the molecule is Cc1cccc2cc(O)cc(-c3ncc4c(N5CC6CCC(C5)N6)nc(OC[C@@]56CCCN5[C@@H]5CCC[C@@H]5C6)nc4c3F)c12. The fourth-order valence-electron chi connectivity index (χ4n) is 9.53. The summed E-state index contributed by atoms with van der Waals surface area (Å²) in [5.74, 6) is 1.02. The number of aromatic nitrogens is 3. The largest absolute Gasteiger partial charge is 0.508 e. The highest BCUT2D eigenvalue weighted by Gasteiger charge is 2.55. The molecule has 0 radical (unpaired) electrons. The maximum atomic E-state index is 16.8. The molecule has 1 aliphatic carbocycles. The molecule has 4 saturated heterocycles. The third kappa shape index (κ3) is 4.11. The fraction of sp³-hybridized carbons (Fsp3) is 0.514. The summed E-state index contributed by atoms with van der Waals surface area (Å²) in [5.41, 5.74) is 1.97. The lowest BCUT2D eigenvalue weighted by Crippen LogP contribution is -2.51. The van der Waals surface area contributed by atoms with Crippen LogP contribution in [0.25, 0.3) is 32.9 Å². The number of halogens is 1. The molecule has 2 aromatic carbocycles. The van der Waals surface area contributed by atoms with Gasteiger partial charge >= 0.3 is 6.01 Å². The van der Waals surface area contributed by atoms with Gasteiger partial charge in [0.1, 0.15) is 29.4 Å². The van der Waals surface area contributed by atoms with Crippen molar-refractivity contribution < 1.29 is 14.2 Å². The predicted molar refractivity (Wildman–Crippen MR) is 169 cm³/mol. The molecule has 4 aromatic rings. The van der Waals surface area contributed by atoms with Crippen LogP contribution in [0.3, 0.4) is 0 Å². The molecular weight excluding hydrogens is 555 g/mol. The first kappa shape index (κ1) is 26.8. The van der Waals surface area contributed by atoms with Gasteiger partial charge in [-0.3, -0.25) is 9.88 Å². The van der Waals surface area contributed by atoms with Crippen molar-refractivity contribution >= 4 is 27.5 Å². The Morgan fingerprint density at radius 2 is 1.95 bits per heavy atom. The lowest BCUT2D eigenvalue weighted by atomic mass is 9.90. The summed E-state index contributed by atoms with van der Waals surface area (Å²) in [5, 5.41) is 16.6. The summed E-state index contributed by atoms with van der Waals surface area (Å²) in [6, 6.07) is 10.9. The topological polar surface area (TPSA) is 86.6 Å². The van der Waals surface area contributed by atoms with Crippen LogP contribution in [0.4, 0.5) is 10.2 Å². The number of ether oxygens (including phenoxy) is 1. The molecule has 8 nitrogen and oxygen atoms in total. The smallest absolute Gasteiger partial charge is 0.319 e. The van der Waals surface area contributed by atoms with Crippen LogP contribution >= 0.6 is 0 Å². The molecule has 5 fully saturated rings. The lowest BCUT2D eigenvalue weighted by molar-refractivity contribution is 0.0832. The van der Waals surface area contributed by atoms with E-state index in [0.717, 1.165) is 61.2 Å². The van der Waals surface area contributed by atoms with Crippen LogP contribution < -0.4 is 15.0 Å². The molecule has 2 N–H and O–H groups in total. The van der Waals surface area contributed by atoms with Gasteiger partial charge in [-0.05, 0) is 92.8 Å². The number of anilines is 1. The molecule has 1 saturated carbocycles. The minimum absolute atomic E-state index is 0.0301. The normalized spacial score (nSPS) is 29.5. The van der Waals surface area contributed by atoms with Gasteiger partial charge < -0.3 is 20.1 Å². The van der Waals surface area contributed by atoms with Gasteiger partial charge in [0, 0.05) is 43.0 Å². The Labute approximate surface area is 256 Å². The Balaban J connectivity index is 1.16. The molecule has 9 rings (SSSR count). The van der Waals surface area contributed by atoms with Crippen molar-refractivity contribution in [1.82, 2.24) is 25.2 Å². The first-order chi connectivity index (χ1) is 21.5. The van der Waals surface area contributed by atoms with E-state index in [4.69, 9.17) is 14.7 Å². The predicted octanol–water partition coefficient (Wildman–Crippen LogP) is 5.72. The highest BCUT2D eigenvalue weighted by Crippen LogP contribution is 2.51. The number of fused-ring (bicyclic) bond motifs is 7. The molecule has 6 heterocycles. The van der Waals surface area contributed by atoms with Gasteiger partial charge in [-0.25, -0.2) is 4.39 Å². The first-order valence-corrected chi connectivity index (χ1v) is 16.5. The first-order valence-electron chi connectivity index (χ1n) is 16.5. The molecule has 0 amide bonds. The highest BCUT2D eigenvalue weighted by atomic mass is 19.1. The molecule has 5 aliphatic rings. The van der Waals surface area contributed by atoms with E-state index in [9.17, 15) is 5.11 Å². The van der Waals surface area contributed by atoms with E-state index in [0.29, 0.717) is 41.5 Å². The second-order valence-electron chi connectivity index (χ2n) is 14.0. The van der Waals surface area contributed by atoms with Crippen LogP contribution in [-0.2, 0) is 0 Å². The Hall–Kier alpha value is -3.56. The van der Waals surface area contributed by atoms with Gasteiger partial charge in [-0.1, -0.05) is 24.6 Å². The summed E-state index contributed by atoms with van der Waals surface area (Å²) < 4.78 is 23.4. The van der Waals surface area contributed by atoms with Crippen molar-refractivity contribution in [2.75, 3.05) is 31.1 Å². The van der Waals surface area contributed by atoms with Crippen molar-refractivity contribution in [2.24, 2.45) is 5.92 Å². The number of phenols is 1. The Kier molecular flexibility index (Phi) is 6.08. The van der Waals surface area contributed by atoms with E-state index in [1.165, 1.54) is 32.1 Å². The van der Waals surface area contributed by atoms with Gasteiger partial charge in [-0.2, -0.15) is 9.97 Å². The third-order valence-electron chi connectivity index (χ3n) is 11.4. The summed E-state index contributed by atoms with van der Waals surface area (Å²) in [6.45, 7) is 5.29. The second-order valence-corrected chi connectivity index (χ2v) is 14.0. The molecule has 2 aromatic heterocycles. The average Bonchev–Trinajstić information content (AvgIpc) is 3.77. The molecular formula is C35H39FN6O2. The third-order valence-corrected chi connectivity index (χ3v) is 11.4. The van der Waals surface area contributed by atoms with E-state index < -0.39 is 5.82 Å². The van der Waals surface area contributed by atoms with E-state index >= 15 is 4.39 Å². The molecule has 9 heteroatoms. The summed E-state index contributed by atoms with van der Waals surface area (Å²) in [6.07, 6.45) is 11.4. The van der Waals surface area contributed by atoms with Gasteiger partial charge in [0.25, 0.3) is 0 Å². The van der Waals surface area contributed by atoms with Gasteiger partial charge in [-0.15, -0.1) is 0 Å². The number of nitrogens with zero attached hydrogens (tertiary/aromatic N) is 5. The Morgan fingerprint density at radius 3 is 2.82 bits per heavy atom. The molecule has 2 unspecified atom stereocenters. The number of pyridine rings is 1. The van der Waals surface area contributed by atoms with Gasteiger partial charge in [0.05, 0.1) is 10.9 Å². The number of rotatable bonds is 5. The highest BCUT2D eigenvalue weighted by molar-refractivity contribution is 6.01. The van der Waals surface area contributed by atoms with Crippen molar-refractivity contribution in [3.05, 3.63) is 47.9 Å².